The zero-order chi connectivity index (χ0) is 61.2. The number of aliphatic hydroxyl groups excluding tert-OH is 4. The van der Waals surface area contributed by atoms with E-state index in [-0.39, 0.29) is 71.2 Å². The predicted octanol–water partition coefficient (Wildman–Crippen LogP) is 3.20. The number of thioether (sulfide) groups is 1. The van der Waals surface area contributed by atoms with Crippen molar-refractivity contribution in [3.05, 3.63) is 49.8 Å². The van der Waals surface area contributed by atoms with Gasteiger partial charge in [0.25, 0.3) is 0 Å². The van der Waals surface area contributed by atoms with Crippen LogP contribution in [0.15, 0.2) is 35.1 Å². The zero-order valence-electron chi connectivity index (χ0n) is 48.1. The summed E-state index contributed by atoms with van der Waals surface area (Å²) in [5.74, 6) is 11.3. The van der Waals surface area contributed by atoms with Crippen LogP contribution in [0, 0.1) is 34.2 Å². The molecule has 0 saturated carbocycles. The van der Waals surface area contributed by atoms with Gasteiger partial charge < -0.3 is 87.7 Å². The van der Waals surface area contributed by atoms with Crippen molar-refractivity contribution in [2.45, 2.75) is 169 Å². The normalized spacial score (nSPS) is 35.9. The van der Waals surface area contributed by atoms with Crippen molar-refractivity contribution >= 4 is 82.8 Å². The first kappa shape index (κ1) is 68.5. The number of likely N-dealkylation sites (N-methyl/N-ethyl adjacent to an activating group) is 1. The summed E-state index contributed by atoms with van der Waals surface area (Å²) >= 11 is 2.83. The standard InChI is InChI=1S/C55H74IN3O21S4/c1-12-57-30-24-73-35(22-34(30)68-6)78-48-43(63)40(26(3)75-53(48)77-33-17-15-13-14-16-19-55(67)23-32(61)41(58-54(66)72-10)38(33)29(55)18-20-82-84-81-11)59-80-36-21-31(60)50(28(5)74-36)83-51(65)37-25(2)39(56)46(49(71-9)45(37)69-7)79-52-44(64)47(70-8)42(62)27(4)76-52/h13-14,18,26-28,30-31,33-36,40,42-44,47-48,50,52-53,57,59-60,62-64,67H,12,20-24H2,1-11H3,(H,58,66)/b14-13-,29-18-/t26-,27+,28-,30+,31+,33+,34+,35+,36+,40-,42+,43+,44-,47-,48-,50-,52+,53+,55-/m1/s1. The average Bonchev–Trinajstić information content (AvgIpc) is 1.36. The lowest BCUT2D eigenvalue weighted by Gasteiger charge is -2.46. The number of methoxy groups -OCH3 is 5. The molecule has 2 aliphatic carbocycles. The van der Waals surface area contributed by atoms with Crippen LogP contribution in [-0.4, -0.2) is 218 Å². The SMILES string of the molecule is CCN[C@H]1CO[C@@H](O[C@H]2[C@H](O[C@H]3C#C/C=C\C#C[C@@]4(O)CC(=O)C(NC(=O)OC)=C3/C4=C/CSSSC)O[C@H](C)[C@@H](NO[C@H]3C[C@H](O)[C@H](SC(=O)c4c(C)c(I)c(O[C@@H]5O[C@@H](C)[C@H](O)[C@@H](OC)[C@H]5O)c(OC)c4OC)[C@@H](C)O3)[C@@H]2O)C[C@@H]1OC. The second-order valence-electron chi connectivity index (χ2n) is 20.1. The number of aliphatic hydroxyl groups is 5. The maximum Gasteiger partial charge on any atom is 0.411 e. The van der Waals surface area contributed by atoms with Gasteiger partial charge in [0.2, 0.25) is 17.2 Å². The Labute approximate surface area is 517 Å². The summed E-state index contributed by atoms with van der Waals surface area (Å²) in [6.45, 7) is 9.41. The number of ether oxygens (including phenoxy) is 12. The van der Waals surface area contributed by atoms with Gasteiger partial charge in [-0.1, -0.05) is 70.0 Å². The van der Waals surface area contributed by atoms with Crippen LogP contribution in [0.3, 0.4) is 0 Å². The van der Waals surface area contributed by atoms with Gasteiger partial charge in [0.05, 0.1) is 97.0 Å². The van der Waals surface area contributed by atoms with E-state index in [1.54, 1.807) is 40.9 Å². The minimum absolute atomic E-state index is 0.0155. The van der Waals surface area contributed by atoms with E-state index in [1.165, 1.54) is 64.9 Å². The smallest absolute Gasteiger partial charge is 0.411 e. The Balaban J connectivity index is 1.12. The molecule has 4 heterocycles. The van der Waals surface area contributed by atoms with Gasteiger partial charge in [0, 0.05) is 44.0 Å². The molecule has 0 aromatic heterocycles. The number of nitrogens with one attached hydrogen (secondary N) is 3. The molecule has 84 heavy (non-hydrogen) atoms. The number of Topliss-reactive ketones (excluding diaryl/α,β-unsaturated/α-hetero) is 1. The molecule has 4 fully saturated rings. The number of ketones is 1. The van der Waals surface area contributed by atoms with Crippen LogP contribution in [0.25, 0.3) is 0 Å². The molecule has 0 unspecified atom stereocenters. The number of allylic oxidation sites excluding steroid dienone is 3. The lowest BCUT2D eigenvalue weighted by molar-refractivity contribution is -0.336. The molecule has 7 rings (SSSR count). The second kappa shape index (κ2) is 31.5. The molecule has 0 radical (unpaired) electrons. The van der Waals surface area contributed by atoms with Crippen LogP contribution in [0.2, 0.25) is 0 Å². The highest BCUT2D eigenvalue weighted by atomic mass is 127. The molecule has 0 spiro atoms. The van der Waals surface area contributed by atoms with Gasteiger partial charge in [-0.2, -0.15) is 5.48 Å². The average molecular weight is 1370 g/mol. The Kier molecular flexibility index (Phi) is 25.7. The van der Waals surface area contributed by atoms with Crippen molar-refractivity contribution in [1.29, 1.82) is 0 Å². The van der Waals surface area contributed by atoms with Crippen LogP contribution in [0.5, 0.6) is 17.2 Å². The Bertz CT molecular complexity index is 2710. The van der Waals surface area contributed by atoms with Crippen LogP contribution < -0.4 is 30.3 Å². The highest BCUT2D eigenvalue weighted by molar-refractivity contribution is 14.1. The number of halogens is 1. The zero-order valence-corrected chi connectivity index (χ0v) is 53.6. The van der Waals surface area contributed by atoms with E-state index in [4.69, 9.17) is 61.7 Å². The van der Waals surface area contributed by atoms with Crippen molar-refractivity contribution in [2.24, 2.45) is 0 Å². The van der Waals surface area contributed by atoms with E-state index in [1.807, 2.05) is 35.8 Å². The monoisotopic (exact) mass is 1370 g/mol. The summed E-state index contributed by atoms with van der Waals surface area (Å²) in [4.78, 5) is 47.5. The fourth-order valence-corrected chi connectivity index (χ4v) is 14.7. The minimum Gasteiger partial charge on any atom is -0.492 e. The maximum absolute atomic E-state index is 14.4. The molecule has 1 aromatic rings. The van der Waals surface area contributed by atoms with Crippen molar-refractivity contribution in [2.75, 3.05) is 60.7 Å². The minimum atomic E-state index is -2.05. The van der Waals surface area contributed by atoms with E-state index in [9.17, 15) is 39.9 Å². The quantitative estimate of drug-likeness (QED) is 0.0272. The van der Waals surface area contributed by atoms with Gasteiger partial charge in [0.1, 0.15) is 36.6 Å². The summed E-state index contributed by atoms with van der Waals surface area (Å²) in [7, 11) is 11.3. The van der Waals surface area contributed by atoms with Crippen LogP contribution in [0.1, 0.15) is 62.9 Å². The first-order valence-corrected chi connectivity index (χ1v) is 32.9. The highest BCUT2D eigenvalue weighted by Crippen LogP contribution is 2.49. The number of hydrogen-bond donors (Lipinski definition) is 8. The van der Waals surface area contributed by atoms with Crippen molar-refractivity contribution in [3.8, 4) is 40.9 Å². The number of carbonyl (C=O) groups is 3. The summed E-state index contributed by atoms with van der Waals surface area (Å²) in [6.07, 6.45) is -11.9. The van der Waals surface area contributed by atoms with Gasteiger partial charge in [-0.05, 0) is 90.6 Å². The molecule has 6 aliphatic rings. The van der Waals surface area contributed by atoms with E-state index < -0.39 is 127 Å². The van der Waals surface area contributed by atoms with E-state index in [2.05, 4.69) is 39.8 Å². The second-order valence-corrected chi connectivity index (χ2v) is 26.7. The molecular weight excluding hydrogens is 1290 g/mol. The third-order valence-electron chi connectivity index (χ3n) is 14.8. The third kappa shape index (κ3) is 15.7. The van der Waals surface area contributed by atoms with E-state index in [0.29, 0.717) is 21.4 Å². The van der Waals surface area contributed by atoms with Gasteiger partial charge >= 0.3 is 6.09 Å². The molecule has 19 atom stereocenters. The van der Waals surface area contributed by atoms with Crippen LogP contribution in [-0.2, 0) is 52.3 Å². The van der Waals surface area contributed by atoms with Gasteiger partial charge in [-0.25, -0.2) is 4.79 Å². The van der Waals surface area contributed by atoms with Gasteiger partial charge in [-0.15, -0.1) is 0 Å². The molecular formula is C55H74IN3O21S4. The largest absolute Gasteiger partial charge is 0.492 e. The third-order valence-corrected chi connectivity index (χ3v) is 21.2. The highest BCUT2D eigenvalue weighted by Gasteiger charge is 2.52. The molecule has 8 N–H and O–H groups in total. The van der Waals surface area contributed by atoms with Crippen molar-refractivity contribution < 1.29 is 102 Å². The Morgan fingerprint density at radius 3 is 2.27 bits per heavy atom. The Hall–Kier alpha value is -2.94. The Morgan fingerprint density at radius 1 is 0.881 bits per heavy atom. The number of hydrogen-bond acceptors (Lipinski definition) is 27. The molecule has 4 aliphatic heterocycles. The molecule has 24 nitrogen and oxygen atoms in total. The summed E-state index contributed by atoms with van der Waals surface area (Å²) in [5, 5.41) is 62.7. The fourth-order valence-electron chi connectivity index (χ4n) is 10.5. The number of benzene rings is 1. The Morgan fingerprint density at radius 2 is 1.61 bits per heavy atom. The number of hydroxylamine groups is 1. The topological polar surface area (TPSA) is 308 Å². The first-order chi connectivity index (χ1) is 40.2. The molecule has 1 amide bonds. The van der Waals surface area contributed by atoms with Gasteiger partial charge in [0.15, 0.2) is 41.8 Å². The van der Waals surface area contributed by atoms with E-state index in [0.717, 1.165) is 18.9 Å². The van der Waals surface area contributed by atoms with Crippen LogP contribution in [0.4, 0.5) is 4.79 Å². The van der Waals surface area contributed by atoms with Crippen LogP contribution >= 0.6 is 65.8 Å². The van der Waals surface area contributed by atoms with Crippen molar-refractivity contribution in [1.82, 2.24) is 16.1 Å². The lowest BCUT2D eigenvalue weighted by Crippen LogP contribution is -2.65. The number of rotatable bonds is 22. The first-order valence-electron chi connectivity index (χ1n) is 26.9. The summed E-state index contributed by atoms with van der Waals surface area (Å²) in [5.41, 5.74) is 1.30. The molecule has 1 aromatic carbocycles. The number of alkyl carbamates (subject to hydrolysis) is 1. The maximum atomic E-state index is 14.4. The summed E-state index contributed by atoms with van der Waals surface area (Å²) in [6, 6.07) is -1.27. The number of fused-ring (bicyclic) bond motifs is 2. The molecule has 2 bridgehead atoms. The van der Waals surface area contributed by atoms with Crippen molar-refractivity contribution in [3.63, 3.8) is 0 Å². The lowest BCUT2D eigenvalue weighted by atomic mass is 9.75. The van der Waals surface area contributed by atoms with Gasteiger partial charge in [-0.3, -0.25) is 19.7 Å². The van der Waals surface area contributed by atoms with E-state index >= 15 is 0 Å². The number of amides is 1. The molecule has 466 valence electrons. The number of carbonyl (C=O) groups excluding carboxylic acids is 3. The molecule has 29 heteroatoms. The summed E-state index contributed by atoms with van der Waals surface area (Å²) < 4.78 is 72.5. The molecule has 4 saturated heterocycles. The predicted molar refractivity (Wildman–Crippen MR) is 320 cm³/mol. The fraction of sp³-hybridized carbons (Fsp3) is 0.655.